The molecule has 4 heterocycles. The number of likely N-dealkylation sites (tertiary alicyclic amines) is 1. The van der Waals surface area contributed by atoms with Gasteiger partial charge in [0.15, 0.2) is 5.69 Å². The summed E-state index contributed by atoms with van der Waals surface area (Å²) in [5.74, 6) is -0.477. The third kappa shape index (κ3) is 6.66. The highest BCUT2D eigenvalue weighted by atomic mass is 79.9. The Morgan fingerprint density at radius 3 is 2.56 bits per heavy atom. The molecule has 0 atom stereocenters. The molecule has 1 amide bonds. The summed E-state index contributed by atoms with van der Waals surface area (Å²) in [5.41, 5.74) is 12.5. The predicted molar refractivity (Wildman–Crippen MR) is 164 cm³/mol. The molecular formula is C28H27BrClN11O2. The number of hydrazone groups is 1. The first-order valence-corrected chi connectivity index (χ1v) is 14.8. The lowest BCUT2D eigenvalue weighted by Crippen LogP contribution is -2.31. The fourth-order valence-corrected chi connectivity index (χ4v) is 5.29. The molecule has 2 aromatic carbocycles. The van der Waals surface area contributed by atoms with E-state index >= 15 is 0 Å². The standard InChI is InChI=1S/C28H27BrClN11O2/c29-21-8-4-18(5-9-21)15-40-16-20(24(35-40)19-6-10-22(30)11-7-19)14-32-34-28(42)25-23(17-39-12-2-1-3-13-39)33-38-41(25)27-26(31)36-43-37-27/h4-11,14,16H,1-3,12-13,15,17H2,(H2,31,36)(H,34,42). The van der Waals surface area contributed by atoms with Gasteiger partial charge in [-0.3, -0.25) is 14.4 Å². The zero-order chi connectivity index (χ0) is 29.8. The van der Waals surface area contributed by atoms with Crippen LogP contribution in [0.15, 0.2) is 68.9 Å². The summed E-state index contributed by atoms with van der Waals surface area (Å²) in [6.45, 7) is 2.82. The first-order chi connectivity index (χ1) is 20.9. The van der Waals surface area contributed by atoms with Crippen LogP contribution in [0.3, 0.4) is 0 Å². The molecule has 5 aromatic rings. The number of halogens is 2. The van der Waals surface area contributed by atoms with E-state index in [1.54, 1.807) is 18.3 Å². The molecule has 0 spiro atoms. The van der Waals surface area contributed by atoms with E-state index in [-0.39, 0.29) is 17.3 Å². The minimum atomic E-state index is -0.536. The van der Waals surface area contributed by atoms with Gasteiger partial charge in [-0.2, -0.15) is 14.9 Å². The number of nitrogens with two attached hydrogens (primary N) is 1. The molecule has 0 saturated carbocycles. The maximum absolute atomic E-state index is 13.5. The molecule has 0 bridgehead atoms. The van der Waals surface area contributed by atoms with Crippen LogP contribution in [0, 0.1) is 0 Å². The molecule has 3 aromatic heterocycles. The number of hydrogen-bond donors (Lipinski definition) is 2. The fourth-order valence-electron chi connectivity index (χ4n) is 4.90. The average Bonchev–Trinajstić information content (AvgIpc) is 3.73. The maximum atomic E-state index is 13.5. The Bertz CT molecular complexity index is 1740. The highest BCUT2D eigenvalue weighted by Crippen LogP contribution is 2.24. The average molecular weight is 665 g/mol. The van der Waals surface area contributed by atoms with Gasteiger partial charge in [0.05, 0.1) is 12.8 Å². The van der Waals surface area contributed by atoms with E-state index in [2.05, 4.69) is 52.0 Å². The third-order valence-corrected chi connectivity index (χ3v) is 7.79. The number of amides is 1. The molecule has 1 fully saturated rings. The summed E-state index contributed by atoms with van der Waals surface area (Å²) in [4.78, 5) is 15.8. The number of nitrogens with one attached hydrogen (secondary N) is 1. The summed E-state index contributed by atoms with van der Waals surface area (Å²) in [7, 11) is 0. The summed E-state index contributed by atoms with van der Waals surface area (Å²) >= 11 is 9.60. The second-order valence-electron chi connectivity index (χ2n) is 10.1. The number of hydrogen-bond acceptors (Lipinski definition) is 10. The molecule has 3 N–H and O–H groups in total. The van der Waals surface area contributed by atoms with E-state index in [1.165, 1.54) is 11.1 Å². The molecule has 43 heavy (non-hydrogen) atoms. The summed E-state index contributed by atoms with van der Waals surface area (Å²) in [5, 5.41) is 25.5. The first kappa shape index (κ1) is 28.7. The number of benzene rings is 2. The van der Waals surface area contributed by atoms with Gasteiger partial charge in [-0.15, -0.1) is 5.10 Å². The zero-order valence-corrected chi connectivity index (χ0v) is 25.2. The van der Waals surface area contributed by atoms with Crippen molar-refractivity contribution >= 4 is 45.5 Å². The third-order valence-electron chi connectivity index (χ3n) is 7.01. The van der Waals surface area contributed by atoms with Crippen LogP contribution in [0.5, 0.6) is 0 Å². The number of carbonyl (C=O) groups excluding carboxylic acids is 1. The van der Waals surface area contributed by atoms with Crippen molar-refractivity contribution in [1.82, 2.24) is 45.4 Å². The minimum Gasteiger partial charge on any atom is -0.378 e. The summed E-state index contributed by atoms with van der Waals surface area (Å²) in [6.07, 6.45) is 6.79. The predicted octanol–water partition coefficient (Wildman–Crippen LogP) is 4.31. The molecule has 220 valence electrons. The zero-order valence-electron chi connectivity index (χ0n) is 22.9. The van der Waals surface area contributed by atoms with E-state index in [1.807, 2.05) is 47.3 Å². The Morgan fingerprint density at radius 2 is 1.84 bits per heavy atom. The first-order valence-electron chi connectivity index (χ1n) is 13.6. The smallest absolute Gasteiger partial charge is 0.292 e. The molecule has 0 aliphatic carbocycles. The van der Waals surface area contributed by atoms with Gasteiger partial charge < -0.3 is 5.73 Å². The van der Waals surface area contributed by atoms with Crippen molar-refractivity contribution < 1.29 is 9.42 Å². The lowest BCUT2D eigenvalue weighted by Gasteiger charge is -2.25. The molecule has 6 rings (SSSR count). The monoisotopic (exact) mass is 663 g/mol. The van der Waals surface area contributed by atoms with Crippen molar-refractivity contribution in [2.45, 2.75) is 32.4 Å². The largest absolute Gasteiger partial charge is 0.378 e. The molecule has 1 saturated heterocycles. The van der Waals surface area contributed by atoms with Gasteiger partial charge in [-0.1, -0.05) is 63.4 Å². The van der Waals surface area contributed by atoms with Crippen molar-refractivity contribution in [3.05, 3.63) is 86.7 Å². The number of aromatic nitrogens is 7. The van der Waals surface area contributed by atoms with Crippen molar-refractivity contribution in [1.29, 1.82) is 0 Å². The molecule has 0 unspecified atom stereocenters. The lowest BCUT2D eigenvalue weighted by atomic mass is 10.1. The van der Waals surface area contributed by atoms with Crippen LogP contribution in [-0.2, 0) is 13.1 Å². The summed E-state index contributed by atoms with van der Waals surface area (Å²) in [6, 6.07) is 15.4. The number of rotatable bonds is 9. The molecule has 15 heteroatoms. The van der Waals surface area contributed by atoms with E-state index in [4.69, 9.17) is 27.1 Å². The topological polar surface area (TPSA) is 158 Å². The molecular weight excluding hydrogens is 638 g/mol. The van der Waals surface area contributed by atoms with Gasteiger partial charge in [0, 0.05) is 33.4 Å². The van der Waals surface area contributed by atoms with Crippen molar-refractivity contribution in [3.8, 4) is 17.1 Å². The van der Waals surface area contributed by atoms with E-state index < -0.39 is 5.91 Å². The van der Waals surface area contributed by atoms with Crippen molar-refractivity contribution in [3.63, 3.8) is 0 Å². The van der Waals surface area contributed by atoms with Gasteiger partial charge >= 0.3 is 0 Å². The lowest BCUT2D eigenvalue weighted by molar-refractivity contribution is 0.0944. The molecule has 13 nitrogen and oxygen atoms in total. The SMILES string of the molecule is Nc1nonc1-n1nnc(CN2CCCCC2)c1C(=O)NN=Cc1cn(Cc2ccc(Br)cc2)nc1-c1ccc(Cl)cc1. The second kappa shape index (κ2) is 12.9. The Labute approximate surface area is 259 Å². The normalized spacial score (nSPS) is 14.0. The molecule has 1 aliphatic rings. The van der Waals surface area contributed by atoms with Crippen LogP contribution >= 0.6 is 27.5 Å². The fraction of sp³-hybridized carbons (Fsp3) is 0.250. The maximum Gasteiger partial charge on any atom is 0.292 e. The van der Waals surface area contributed by atoms with Gasteiger partial charge in [-0.25, -0.2) is 10.1 Å². The number of anilines is 1. The Hall–Kier alpha value is -4.40. The highest BCUT2D eigenvalue weighted by Gasteiger charge is 2.26. The Kier molecular flexibility index (Phi) is 8.58. The van der Waals surface area contributed by atoms with Gasteiger partial charge in [0.25, 0.3) is 5.91 Å². The second-order valence-corrected chi connectivity index (χ2v) is 11.4. The van der Waals surface area contributed by atoms with Crippen LogP contribution in [0.4, 0.5) is 5.82 Å². The summed E-state index contributed by atoms with van der Waals surface area (Å²) < 4.78 is 8.79. The number of nitrogens with zero attached hydrogens (tertiary/aromatic N) is 9. The van der Waals surface area contributed by atoms with Crippen LogP contribution in [-0.4, -0.2) is 65.2 Å². The van der Waals surface area contributed by atoms with Crippen molar-refractivity contribution in [2.24, 2.45) is 5.10 Å². The van der Waals surface area contributed by atoms with E-state index in [0.29, 0.717) is 35.1 Å². The van der Waals surface area contributed by atoms with Crippen LogP contribution in [0.25, 0.3) is 17.1 Å². The van der Waals surface area contributed by atoms with Gasteiger partial charge in [-0.05, 0) is 66.1 Å². The van der Waals surface area contributed by atoms with Crippen LogP contribution < -0.4 is 11.2 Å². The van der Waals surface area contributed by atoms with E-state index in [9.17, 15) is 4.79 Å². The Morgan fingerprint density at radius 1 is 1.07 bits per heavy atom. The number of carbonyl (C=O) groups is 1. The Balaban J connectivity index is 1.27. The molecule has 0 radical (unpaired) electrons. The number of piperidine rings is 1. The minimum absolute atomic E-state index is 0.0160. The molecule has 1 aliphatic heterocycles. The number of nitrogen functional groups attached to an aromatic ring is 1. The van der Waals surface area contributed by atoms with Crippen molar-refractivity contribution in [2.75, 3.05) is 18.8 Å². The highest BCUT2D eigenvalue weighted by molar-refractivity contribution is 9.10. The quantitative estimate of drug-likeness (QED) is 0.173. The van der Waals surface area contributed by atoms with Crippen LogP contribution in [0.1, 0.15) is 46.6 Å². The van der Waals surface area contributed by atoms with Gasteiger partial charge in [0.1, 0.15) is 11.4 Å². The van der Waals surface area contributed by atoms with E-state index in [0.717, 1.165) is 41.5 Å². The van der Waals surface area contributed by atoms with Gasteiger partial charge in [0.2, 0.25) is 11.6 Å². The van der Waals surface area contributed by atoms with Crippen LogP contribution in [0.2, 0.25) is 5.02 Å².